The van der Waals surface area contributed by atoms with Crippen LogP contribution in [0.25, 0.3) is 0 Å². The minimum atomic E-state index is -0.244. The van der Waals surface area contributed by atoms with Crippen LogP contribution in [0.5, 0.6) is 0 Å². The standard InChI is InChI=1S/C24H27FN2O2/c25-21-7-9-22(10-8-21)26-13-15-27(16-14-26)24(29)12-11-23(28)20-6-5-18-3-1-2-4-19(18)17-20/h5-10,17H,1-4,11-16H2. The zero-order chi connectivity index (χ0) is 20.2. The molecule has 0 saturated carbocycles. The van der Waals surface area contributed by atoms with Gasteiger partial charge in [-0.25, -0.2) is 4.39 Å². The van der Waals surface area contributed by atoms with Crippen LogP contribution in [0.1, 0.15) is 47.2 Å². The van der Waals surface area contributed by atoms with E-state index in [1.807, 2.05) is 17.0 Å². The number of aryl methyl sites for hydroxylation is 2. The molecule has 1 aliphatic heterocycles. The molecule has 0 radical (unpaired) electrons. The Morgan fingerprint density at radius 1 is 0.828 bits per heavy atom. The van der Waals surface area contributed by atoms with Crippen LogP contribution in [-0.2, 0) is 17.6 Å². The largest absolute Gasteiger partial charge is 0.368 e. The van der Waals surface area contributed by atoms with Crippen molar-refractivity contribution < 1.29 is 14.0 Å². The summed E-state index contributed by atoms with van der Waals surface area (Å²) in [6.45, 7) is 2.69. The van der Waals surface area contributed by atoms with Gasteiger partial charge in [0.25, 0.3) is 0 Å². The van der Waals surface area contributed by atoms with Gasteiger partial charge in [-0.05, 0) is 67.1 Å². The third kappa shape index (κ3) is 4.66. The maximum Gasteiger partial charge on any atom is 0.223 e. The lowest BCUT2D eigenvalue weighted by atomic mass is 9.89. The minimum absolute atomic E-state index is 0.0371. The first-order chi connectivity index (χ1) is 14.1. The van der Waals surface area contributed by atoms with Crippen LogP contribution in [0.3, 0.4) is 0 Å². The number of nitrogens with zero attached hydrogens (tertiary/aromatic N) is 2. The van der Waals surface area contributed by atoms with E-state index in [0.29, 0.717) is 13.1 Å². The van der Waals surface area contributed by atoms with E-state index in [-0.39, 0.29) is 30.3 Å². The summed E-state index contributed by atoms with van der Waals surface area (Å²) in [7, 11) is 0. The number of anilines is 1. The summed E-state index contributed by atoms with van der Waals surface area (Å²) in [4.78, 5) is 29.1. The monoisotopic (exact) mass is 394 g/mol. The molecule has 1 heterocycles. The average molecular weight is 394 g/mol. The number of rotatable bonds is 5. The van der Waals surface area contributed by atoms with Crippen LogP contribution < -0.4 is 4.90 Å². The van der Waals surface area contributed by atoms with Crippen molar-refractivity contribution in [2.24, 2.45) is 0 Å². The number of ketones is 1. The molecule has 0 unspecified atom stereocenters. The lowest BCUT2D eigenvalue weighted by molar-refractivity contribution is -0.131. The van der Waals surface area contributed by atoms with Crippen molar-refractivity contribution in [1.29, 1.82) is 0 Å². The molecule has 2 aromatic carbocycles. The minimum Gasteiger partial charge on any atom is -0.368 e. The molecule has 2 aliphatic rings. The fraction of sp³-hybridized carbons (Fsp3) is 0.417. The first-order valence-electron chi connectivity index (χ1n) is 10.5. The molecular weight excluding hydrogens is 367 g/mol. The highest BCUT2D eigenvalue weighted by Gasteiger charge is 2.22. The molecule has 0 spiro atoms. The zero-order valence-electron chi connectivity index (χ0n) is 16.7. The summed E-state index contributed by atoms with van der Waals surface area (Å²) >= 11 is 0. The molecule has 1 saturated heterocycles. The Balaban J connectivity index is 1.27. The summed E-state index contributed by atoms with van der Waals surface area (Å²) in [5.74, 6) is -0.155. The van der Waals surface area contributed by atoms with Gasteiger partial charge in [-0.1, -0.05) is 12.1 Å². The lowest BCUT2D eigenvalue weighted by Crippen LogP contribution is -2.48. The Hall–Kier alpha value is -2.69. The average Bonchev–Trinajstić information content (AvgIpc) is 2.77. The predicted octanol–water partition coefficient (Wildman–Crippen LogP) is 4.02. The van der Waals surface area contributed by atoms with Crippen molar-refractivity contribution in [3.05, 3.63) is 65.0 Å². The van der Waals surface area contributed by atoms with Gasteiger partial charge in [-0.15, -0.1) is 0 Å². The van der Waals surface area contributed by atoms with Crippen molar-refractivity contribution in [3.8, 4) is 0 Å². The first-order valence-corrected chi connectivity index (χ1v) is 10.5. The highest BCUT2D eigenvalue weighted by atomic mass is 19.1. The number of piperazine rings is 1. The fourth-order valence-corrected chi connectivity index (χ4v) is 4.30. The second kappa shape index (κ2) is 8.76. The summed E-state index contributed by atoms with van der Waals surface area (Å²) in [6.07, 6.45) is 5.08. The number of hydrogen-bond donors (Lipinski definition) is 0. The van der Waals surface area contributed by atoms with E-state index < -0.39 is 0 Å². The number of fused-ring (bicyclic) bond motifs is 1. The Morgan fingerprint density at radius 3 is 2.24 bits per heavy atom. The number of halogens is 1. The van der Waals surface area contributed by atoms with Gasteiger partial charge in [0, 0.05) is 50.3 Å². The SMILES string of the molecule is O=C(CCC(=O)N1CCN(c2ccc(F)cc2)CC1)c1ccc2c(c1)CCCC2. The number of carbonyl (C=O) groups is 2. The van der Waals surface area contributed by atoms with Crippen molar-refractivity contribution >= 4 is 17.4 Å². The van der Waals surface area contributed by atoms with Crippen LogP contribution in [-0.4, -0.2) is 42.8 Å². The van der Waals surface area contributed by atoms with Crippen LogP contribution in [0, 0.1) is 5.82 Å². The van der Waals surface area contributed by atoms with E-state index in [0.717, 1.165) is 37.2 Å². The number of Topliss-reactive ketones (excluding diaryl/α,β-unsaturated/α-hetero) is 1. The molecule has 152 valence electrons. The normalized spacial score (nSPS) is 16.4. The van der Waals surface area contributed by atoms with Gasteiger partial charge >= 0.3 is 0 Å². The van der Waals surface area contributed by atoms with Crippen LogP contribution >= 0.6 is 0 Å². The molecule has 2 aromatic rings. The molecule has 1 aliphatic carbocycles. The van der Waals surface area contributed by atoms with E-state index in [1.165, 1.54) is 36.1 Å². The third-order valence-electron chi connectivity index (χ3n) is 6.06. The van der Waals surface area contributed by atoms with Crippen molar-refractivity contribution in [2.45, 2.75) is 38.5 Å². The smallest absolute Gasteiger partial charge is 0.223 e. The molecule has 0 aromatic heterocycles. The maximum atomic E-state index is 13.1. The number of carbonyl (C=O) groups excluding carboxylic acids is 2. The van der Waals surface area contributed by atoms with E-state index in [2.05, 4.69) is 11.0 Å². The highest BCUT2D eigenvalue weighted by Crippen LogP contribution is 2.23. The molecule has 5 heteroatoms. The van der Waals surface area contributed by atoms with Crippen molar-refractivity contribution in [2.75, 3.05) is 31.1 Å². The van der Waals surface area contributed by atoms with Gasteiger partial charge in [0.05, 0.1) is 0 Å². The molecule has 1 amide bonds. The molecular formula is C24H27FN2O2. The number of benzene rings is 2. The maximum absolute atomic E-state index is 13.1. The molecule has 0 bridgehead atoms. The van der Waals surface area contributed by atoms with Crippen LogP contribution in [0.2, 0.25) is 0 Å². The molecule has 0 atom stereocenters. The Kier molecular flexibility index (Phi) is 5.93. The van der Waals surface area contributed by atoms with Gasteiger partial charge in [-0.2, -0.15) is 0 Å². The number of hydrogen-bond acceptors (Lipinski definition) is 3. The topological polar surface area (TPSA) is 40.6 Å². The number of amides is 1. The van der Waals surface area contributed by atoms with Crippen molar-refractivity contribution in [3.63, 3.8) is 0 Å². The van der Waals surface area contributed by atoms with Gasteiger partial charge in [0.2, 0.25) is 5.91 Å². The van der Waals surface area contributed by atoms with E-state index in [9.17, 15) is 14.0 Å². The molecule has 4 nitrogen and oxygen atoms in total. The van der Waals surface area contributed by atoms with E-state index >= 15 is 0 Å². The predicted molar refractivity (Wildman–Crippen MR) is 112 cm³/mol. The highest BCUT2D eigenvalue weighted by molar-refractivity contribution is 5.98. The van der Waals surface area contributed by atoms with Crippen LogP contribution in [0.4, 0.5) is 10.1 Å². The van der Waals surface area contributed by atoms with E-state index in [1.54, 1.807) is 12.1 Å². The zero-order valence-corrected chi connectivity index (χ0v) is 16.7. The molecule has 1 fully saturated rings. The summed E-state index contributed by atoms with van der Waals surface area (Å²) < 4.78 is 13.1. The van der Waals surface area contributed by atoms with Gasteiger partial charge in [0.1, 0.15) is 5.82 Å². The Labute approximate surface area is 171 Å². The Bertz CT molecular complexity index is 886. The fourth-order valence-electron chi connectivity index (χ4n) is 4.30. The van der Waals surface area contributed by atoms with Gasteiger partial charge < -0.3 is 9.80 Å². The van der Waals surface area contributed by atoms with Crippen molar-refractivity contribution in [1.82, 2.24) is 4.90 Å². The summed E-state index contributed by atoms with van der Waals surface area (Å²) in [5.41, 5.74) is 4.37. The van der Waals surface area contributed by atoms with Crippen LogP contribution in [0.15, 0.2) is 42.5 Å². The van der Waals surface area contributed by atoms with Gasteiger partial charge in [-0.3, -0.25) is 9.59 Å². The Morgan fingerprint density at radius 2 is 1.52 bits per heavy atom. The summed E-state index contributed by atoms with van der Waals surface area (Å²) in [6, 6.07) is 12.5. The second-order valence-electron chi connectivity index (χ2n) is 7.96. The second-order valence-corrected chi connectivity index (χ2v) is 7.96. The molecule has 29 heavy (non-hydrogen) atoms. The lowest BCUT2D eigenvalue weighted by Gasteiger charge is -2.36. The summed E-state index contributed by atoms with van der Waals surface area (Å²) in [5, 5.41) is 0. The molecule has 4 rings (SSSR count). The third-order valence-corrected chi connectivity index (χ3v) is 6.06. The van der Waals surface area contributed by atoms with E-state index in [4.69, 9.17) is 0 Å². The molecule has 0 N–H and O–H groups in total. The van der Waals surface area contributed by atoms with Gasteiger partial charge in [0.15, 0.2) is 5.78 Å². The first kappa shape index (κ1) is 19.6. The quantitative estimate of drug-likeness (QED) is 0.720.